The standard InChI is InChI=1S/C31H32N2O4S/c34-26-12-15-29-25(22-26)16-19-33(38(35,36)30-9-5-7-23-6-1-2-8-28(23)30)31(29)24-10-13-27(14-11-24)37-21-20-32-17-3-4-18-32/h1-2,5-15,22,31,34H,3-4,16-21H2. The van der Waals surface area contributed by atoms with Crippen LogP contribution in [-0.4, -0.2) is 55.5 Å². The lowest BCUT2D eigenvalue weighted by molar-refractivity contribution is 0.237. The number of hydrogen-bond donors (Lipinski definition) is 1. The highest BCUT2D eigenvalue weighted by atomic mass is 32.2. The maximum Gasteiger partial charge on any atom is 0.244 e. The zero-order valence-electron chi connectivity index (χ0n) is 21.3. The maximum absolute atomic E-state index is 14.2. The molecule has 2 aliphatic heterocycles. The third-order valence-corrected chi connectivity index (χ3v) is 9.64. The summed E-state index contributed by atoms with van der Waals surface area (Å²) in [5.41, 5.74) is 2.72. The van der Waals surface area contributed by atoms with Crippen molar-refractivity contribution in [3.05, 3.63) is 102 Å². The number of likely N-dealkylation sites (tertiary alicyclic amines) is 1. The van der Waals surface area contributed by atoms with Crippen LogP contribution in [0.15, 0.2) is 89.8 Å². The molecule has 1 N–H and O–H groups in total. The molecule has 0 bridgehead atoms. The number of sulfonamides is 1. The van der Waals surface area contributed by atoms with E-state index in [0.29, 0.717) is 29.9 Å². The average Bonchev–Trinajstić information content (AvgIpc) is 3.46. The summed E-state index contributed by atoms with van der Waals surface area (Å²) >= 11 is 0. The number of benzene rings is 4. The van der Waals surface area contributed by atoms with E-state index in [0.717, 1.165) is 47.5 Å². The Labute approximate surface area is 224 Å². The van der Waals surface area contributed by atoms with Crippen molar-refractivity contribution in [3.63, 3.8) is 0 Å². The Morgan fingerprint density at radius 2 is 1.63 bits per heavy atom. The van der Waals surface area contributed by atoms with Gasteiger partial charge in [-0.15, -0.1) is 0 Å². The summed E-state index contributed by atoms with van der Waals surface area (Å²) in [6.07, 6.45) is 3.04. The fourth-order valence-electron chi connectivity index (χ4n) is 5.79. The smallest absolute Gasteiger partial charge is 0.244 e. The van der Waals surface area contributed by atoms with Crippen molar-refractivity contribution in [3.8, 4) is 11.5 Å². The van der Waals surface area contributed by atoms with Crippen molar-refractivity contribution in [1.82, 2.24) is 9.21 Å². The van der Waals surface area contributed by atoms with Gasteiger partial charge >= 0.3 is 0 Å². The summed E-state index contributed by atoms with van der Waals surface area (Å²) in [4.78, 5) is 2.73. The van der Waals surface area contributed by atoms with E-state index in [9.17, 15) is 13.5 Å². The molecule has 38 heavy (non-hydrogen) atoms. The van der Waals surface area contributed by atoms with Gasteiger partial charge in [0, 0.05) is 18.5 Å². The summed E-state index contributed by atoms with van der Waals surface area (Å²) in [7, 11) is -3.84. The van der Waals surface area contributed by atoms with Crippen molar-refractivity contribution in [2.24, 2.45) is 0 Å². The molecule has 1 atom stereocenters. The molecular formula is C31H32N2O4S. The number of phenols is 1. The average molecular weight is 529 g/mol. The van der Waals surface area contributed by atoms with Crippen molar-refractivity contribution in [2.75, 3.05) is 32.8 Å². The minimum Gasteiger partial charge on any atom is -0.508 e. The molecule has 2 heterocycles. The first-order valence-corrected chi connectivity index (χ1v) is 14.7. The normalized spacial score (nSPS) is 18.5. The number of hydrogen-bond acceptors (Lipinski definition) is 5. The van der Waals surface area contributed by atoms with E-state index >= 15 is 0 Å². The lowest BCUT2D eigenvalue weighted by atomic mass is 9.89. The Hall–Kier alpha value is -3.39. The second-order valence-corrected chi connectivity index (χ2v) is 12.0. The van der Waals surface area contributed by atoms with Gasteiger partial charge in [0.25, 0.3) is 0 Å². The molecule has 7 heteroatoms. The van der Waals surface area contributed by atoms with Gasteiger partial charge in [0.1, 0.15) is 18.1 Å². The molecule has 6 rings (SSSR count). The van der Waals surface area contributed by atoms with E-state index in [1.54, 1.807) is 28.6 Å². The topological polar surface area (TPSA) is 70.1 Å². The van der Waals surface area contributed by atoms with Crippen LogP contribution in [0.4, 0.5) is 0 Å². The second-order valence-electron chi connectivity index (χ2n) is 10.1. The summed E-state index contributed by atoms with van der Waals surface area (Å²) < 4.78 is 36.1. The van der Waals surface area contributed by atoms with Crippen LogP contribution in [0.3, 0.4) is 0 Å². The maximum atomic E-state index is 14.2. The molecule has 6 nitrogen and oxygen atoms in total. The zero-order valence-corrected chi connectivity index (χ0v) is 22.1. The van der Waals surface area contributed by atoms with Crippen LogP contribution in [0.5, 0.6) is 11.5 Å². The molecule has 4 aromatic rings. The van der Waals surface area contributed by atoms with Crippen molar-refractivity contribution in [1.29, 1.82) is 0 Å². The Kier molecular flexibility index (Phi) is 6.82. The molecule has 1 unspecified atom stereocenters. The van der Waals surface area contributed by atoms with Crippen LogP contribution in [0.1, 0.15) is 35.6 Å². The molecule has 0 aromatic heterocycles. The molecule has 1 saturated heterocycles. The molecule has 0 spiro atoms. The molecule has 0 radical (unpaired) electrons. The van der Waals surface area contributed by atoms with E-state index in [2.05, 4.69) is 4.90 Å². The first-order valence-electron chi connectivity index (χ1n) is 13.3. The van der Waals surface area contributed by atoms with E-state index in [1.165, 1.54) is 12.8 Å². The Morgan fingerprint density at radius 1 is 0.868 bits per heavy atom. The van der Waals surface area contributed by atoms with Gasteiger partial charge in [-0.3, -0.25) is 4.90 Å². The summed E-state index contributed by atoms with van der Waals surface area (Å²) in [5, 5.41) is 11.7. The van der Waals surface area contributed by atoms with E-state index in [-0.39, 0.29) is 5.75 Å². The number of nitrogens with zero attached hydrogens (tertiary/aromatic N) is 2. The van der Waals surface area contributed by atoms with E-state index in [4.69, 9.17) is 4.74 Å². The predicted molar refractivity (Wildman–Crippen MR) is 149 cm³/mol. The van der Waals surface area contributed by atoms with Crippen LogP contribution >= 0.6 is 0 Å². The number of aromatic hydroxyl groups is 1. The zero-order chi connectivity index (χ0) is 26.1. The third kappa shape index (κ3) is 4.77. The quantitative estimate of drug-likeness (QED) is 0.350. The van der Waals surface area contributed by atoms with Gasteiger partial charge in [-0.25, -0.2) is 8.42 Å². The molecule has 0 amide bonds. The third-order valence-electron chi connectivity index (χ3n) is 7.72. The summed E-state index contributed by atoms with van der Waals surface area (Å²) in [5.74, 6) is 0.966. The fraction of sp³-hybridized carbons (Fsp3) is 0.290. The van der Waals surface area contributed by atoms with Crippen LogP contribution in [0.2, 0.25) is 0 Å². The fourth-order valence-corrected chi connectivity index (χ4v) is 7.60. The Balaban J connectivity index is 1.34. The van der Waals surface area contributed by atoms with Crippen LogP contribution in [0.25, 0.3) is 10.8 Å². The van der Waals surface area contributed by atoms with Crippen LogP contribution < -0.4 is 4.74 Å². The highest BCUT2D eigenvalue weighted by molar-refractivity contribution is 7.89. The Morgan fingerprint density at radius 3 is 2.45 bits per heavy atom. The summed E-state index contributed by atoms with van der Waals surface area (Å²) in [6, 6.07) is 25.5. The first kappa shape index (κ1) is 24.9. The minimum atomic E-state index is -3.84. The molecule has 196 valence electrons. The Bertz CT molecular complexity index is 1540. The molecule has 0 aliphatic carbocycles. The monoisotopic (exact) mass is 528 g/mol. The number of fused-ring (bicyclic) bond motifs is 2. The largest absolute Gasteiger partial charge is 0.508 e. The molecule has 4 aromatic carbocycles. The highest BCUT2D eigenvalue weighted by Crippen LogP contribution is 2.41. The van der Waals surface area contributed by atoms with Crippen LogP contribution in [-0.2, 0) is 16.4 Å². The van der Waals surface area contributed by atoms with Crippen LogP contribution in [0, 0.1) is 0 Å². The van der Waals surface area contributed by atoms with Gasteiger partial charge in [-0.05, 0) is 84.8 Å². The van der Waals surface area contributed by atoms with Gasteiger partial charge in [-0.1, -0.05) is 54.6 Å². The first-order chi connectivity index (χ1) is 18.5. The molecule has 1 fully saturated rings. The lowest BCUT2D eigenvalue weighted by Crippen LogP contribution is -2.40. The van der Waals surface area contributed by atoms with Gasteiger partial charge in [-0.2, -0.15) is 4.31 Å². The van der Waals surface area contributed by atoms with E-state index < -0.39 is 16.1 Å². The molecule has 2 aliphatic rings. The second kappa shape index (κ2) is 10.4. The summed E-state index contributed by atoms with van der Waals surface area (Å²) in [6.45, 7) is 4.14. The number of phenolic OH excluding ortho intramolecular Hbond substituents is 1. The van der Waals surface area contributed by atoms with Gasteiger partial charge in [0.05, 0.1) is 10.9 Å². The molecular weight excluding hydrogens is 496 g/mol. The van der Waals surface area contributed by atoms with Crippen molar-refractivity contribution < 1.29 is 18.3 Å². The SMILES string of the molecule is O=S(=O)(c1cccc2ccccc12)N1CCc2cc(O)ccc2C1c1ccc(OCCN2CCCC2)cc1. The number of ether oxygens (including phenoxy) is 1. The minimum absolute atomic E-state index is 0.189. The van der Waals surface area contributed by atoms with Crippen molar-refractivity contribution in [2.45, 2.75) is 30.2 Å². The van der Waals surface area contributed by atoms with Crippen molar-refractivity contribution >= 4 is 20.8 Å². The van der Waals surface area contributed by atoms with Gasteiger partial charge < -0.3 is 9.84 Å². The van der Waals surface area contributed by atoms with Gasteiger partial charge in [0.2, 0.25) is 10.0 Å². The van der Waals surface area contributed by atoms with Gasteiger partial charge in [0.15, 0.2) is 0 Å². The highest BCUT2D eigenvalue weighted by Gasteiger charge is 2.38. The van der Waals surface area contributed by atoms with E-state index in [1.807, 2.05) is 60.7 Å². The number of rotatable bonds is 7. The lowest BCUT2D eigenvalue weighted by Gasteiger charge is -2.37. The predicted octanol–water partition coefficient (Wildman–Crippen LogP) is 5.36. The molecule has 0 saturated carbocycles.